The van der Waals surface area contributed by atoms with Gasteiger partial charge >= 0.3 is 4.87 Å². The zero-order valence-corrected chi connectivity index (χ0v) is 15.6. The van der Waals surface area contributed by atoms with Crippen LogP contribution in [0.4, 0.5) is 5.69 Å². The number of aromatic nitrogens is 1. The summed E-state index contributed by atoms with van der Waals surface area (Å²) in [5, 5.41) is 12.9. The van der Waals surface area contributed by atoms with E-state index in [1.165, 1.54) is 36.7 Å². The topological polar surface area (TPSA) is 76.0 Å². The second-order valence-corrected chi connectivity index (χ2v) is 9.60. The third-order valence-electron chi connectivity index (χ3n) is 6.13. The van der Waals surface area contributed by atoms with Crippen LogP contribution < -0.4 is 4.87 Å². The Morgan fingerprint density at radius 2 is 2.04 bits per heavy atom. The fraction of sp³-hybridized carbons (Fsp3) is 0.421. The molecule has 7 heteroatoms. The summed E-state index contributed by atoms with van der Waals surface area (Å²) in [6.07, 6.45) is 7.86. The maximum atomic E-state index is 12.0. The fourth-order valence-electron chi connectivity index (χ4n) is 5.12. The summed E-state index contributed by atoms with van der Waals surface area (Å²) in [4.78, 5) is 27.0. The number of nitro groups is 1. The molecule has 2 heterocycles. The zero-order chi connectivity index (χ0) is 17.8. The molecule has 5 rings (SSSR count). The van der Waals surface area contributed by atoms with Crippen LogP contribution in [0.25, 0.3) is 6.08 Å². The number of nitrogens with zero attached hydrogens (tertiary/aromatic N) is 1. The van der Waals surface area contributed by atoms with E-state index in [0.29, 0.717) is 22.6 Å². The number of para-hydroxylation sites is 1. The van der Waals surface area contributed by atoms with E-state index in [9.17, 15) is 14.9 Å². The Hall–Kier alpha value is -1.86. The molecular weight excluding hydrogens is 368 g/mol. The van der Waals surface area contributed by atoms with Gasteiger partial charge in [0.2, 0.25) is 0 Å². The number of rotatable bonds is 3. The number of nitro benzene ring substituents is 1. The number of benzene rings is 1. The van der Waals surface area contributed by atoms with E-state index in [4.69, 9.17) is 0 Å². The summed E-state index contributed by atoms with van der Waals surface area (Å²) < 4.78 is 0. The average molecular weight is 386 g/mol. The number of thioether (sulfide) groups is 1. The first kappa shape index (κ1) is 16.3. The van der Waals surface area contributed by atoms with Gasteiger partial charge in [0.1, 0.15) is 0 Å². The van der Waals surface area contributed by atoms with Crippen LogP contribution in [0.5, 0.6) is 0 Å². The van der Waals surface area contributed by atoms with Crippen molar-refractivity contribution in [1.29, 1.82) is 0 Å². The lowest BCUT2D eigenvalue weighted by molar-refractivity contribution is -0.385. The van der Waals surface area contributed by atoms with Crippen LogP contribution in [-0.2, 0) is 0 Å². The molecule has 2 aliphatic carbocycles. The fourth-order valence-corrected chi connectivity index (χ4v) is 7.98. The molecule has 0 amide bonds. The Morgan fingerprint density at radius 3 is 2.88 bits per heavy atom. The van der Waals surface area contributed by atoms with Gasteiger partial charge in [-0.3, -0.25) is 14.9 Å². The highest BCUT2D eigenvalue weighted by Gasteiger charge is 2.53. The number of thiazole rings is 1. The lowest BCUT2D eigenvalue weighted by Gasteiger charge is -2.38. The van der Waals surface area contributed by atoms with E-state index in [2.05, 4.69) is 11.1 Å². The van der Waals surface area contributed by atoms with E-state index >= 15 is 0 Å². The van der Waals surface area contributed by atoms with Crippen molar-refractivity contribution in [2.45, 2.75) is 35.5 Å². The van der Waals surface area contributed by atoms with Gasteiger partial charge in [0.25, 0.3) is 5.69 Å². The Bertz CT molecular complexity index is 964. The van der Waals surface area contributed by atoms with Gasteiger partial charge < -0.3 is 4.98 Å². The Kier molecular flexibility index (Phi) is 3.83. The van der Waals surface area contributed by atoms with Crippen molar-refractivity contribution in [3.8, 4) is 0 Å². The minimum Gasteiger partial charge on any atom is -0.307 e. The van der Waals surface area contributed by atoms with Gasteiger partial charge in [-0.15, -0.1) is 11.8 Å². The average Bonchev–Trinajstić information content (AvgIpc) is 3.32. The molecule has 134 valence electrons. The second-order valence-electron chi connectivity index (χ2n) is 7.40. The third-order valence-corrected chi connectivity index (χ3v) is 8.77. The molecule has 0 spiro atoms. The van der Waals surface area contributed by atoms with Gasteiger partial charge in [0.05, 0.1) is 15.5 Å². The highest BCUT2D eigenvalue weighted by molar-refractivity contribution is 8.00. The summed E-state index contributed by atoms with van der Waals surface area (Å²) in [6, 6.07) is 6.83. The molecule has 1 N–H and O–H groups in total. The maximum absolute atomic E-state index is 12.0. The van der Waals surface area contributed by atoms with Crippen molar-refractivity contribution in [3.63, 3.8) is 0 Å². The van der Waals surface area contributed by atoms with Crippen LogP contribution in [0.1, 0.15) is 35.6 Å². The molecule has 26 heavy (non-hydrogen) atoms. The largest absolute Gasteiger partial charge is 0.307 e. The standard InChI is InChI=1S/C19H18N2O3S2/c22-19-20-18-17(26-19)13(15-11-5-6-12(9-11)16(15)25-18)8-7-10-3-1-2-4-14(10)21(23)24/h1-4,7-8,11-13,15-16H,5-6,9H2,(H,20,22). The molecule has 0 saturated heterocycles. The summed E-state index contributed by atoms with van der Waals surface area (Å²) >= 11 is 3.16. The van der Waals surface area contributed by atoms with Gasteiger partial charge in [-0.1, -0.05) is 35.6 Å². The second kappa shape index (κ2) is 6.09. The first-order valence-electron chi connectivity index (χ1n) is 8.93. The molecular formula is C19H18N2O3S2. The minimum absolute atomic E-state index is 0.00101. The summed E-state index contributed by atoms with van der Waals surface area (Å²) in [6.45, 7) is 0. The van der Waals surface area contributed by atoms with Crippen LogP contribution in [0.2, 0.25) is 0 Å². The summed E-state index contributed by atoms with van der Waals surface area (Å²) in [5.74, 6) is 2.17. The number of H-pyrrole nitrogens is 1. The Morgan fingerprint density at radius 1 is 1.23 bits per heavy atom. The normalized spacial score (nSPS) is 31.9. The predicted molar refractivity (Wildman–Crippen MR) is 104 cm³/mol. The molecule has 2 aromatic rings. The van der Waals surface area contributed by atoms with E-state index in [1.807, 2.05) is 23.9 Å². The molecule has 1 aromatic carbocycles. The van der Waals surface area contributed by atoms with E-state index in [1.54, 1.807) is 12.1 Å². The molecule has 5 unspecified atom stereocenters. The van der Waals surface area contributed by atoms with Crippen LogP contribution in [-0.4, -0.2) is 15.2 Å². The quantitative estimate of drug-likeness (QED) is 0.615. The first-order valence-corrected chi connectivity index (χ1v) is 10.6. The molecule has 5 nitrogen and oxygen atoms in total. The number of hydrogen-bond acceptors (Lipinski definition) is 5. The molecule has 3 aliphatic rings. The smallest absolute Gasteiger partial charge is 0.305 e. The van der Waals surface area contributed by atoms with E-state index in [0.717, 1.165) is 15.8 Å². The molecule has 2 saturated carbocycles. The van der Waals surface area contributed by atoms with Crippen LogP contribution in [0.15, 0.2) is 40.2 Å². The molecule has 1 aliphatic heterocycles. The SMILES string of the molecule is O=c1[nH]c2c(s1)C(C=Cc1ccccc1[N+](=O)[O-])C1C3CCC(C3)C1S2. The summed E-state index contributed by atoms with van der Waals surface area (Å²) in [7, 11) is 0. The Balaban J connectivity index is 1.56. The van der Waals surface area contributed by atoms with Gasteiger partial charge in [-0.25, -0.2) is 0 Å². The van der Waals surface area contributed by atoms with E-state index in [-0.39, 0.29) is 21.4 Å². The van der Waals surface area contributed by atoms with Crippen LogP contribution in [0, 0.1) is 27.9 Å². The van der Waals surface area contributed by atoms with Crippen molar-refractivity contribution >= 4 is 34.9 Å². The maximum Gasteiger partial charge on any atom is 0.305 e. The van der Waals surface area contributed by atoms with Crippen LogP contribution in [0.3, 0.4) is 0 Å². The number of hydrogen-bond donors (Lipinski definition) is 1. The molecule has 0 radical (unpaired) electrons. The number of allylic oxidation sites excluding steroid dienone is 1. The van der Waals surface area contributed by atoms with Crippen molar-refractivity contribution in [1.82, 2.24) is 4.98 Å². The highest BCUT2D eigenvalue weighted by Crippen LogP contribution is 2.62. The van der Waals surface area contributed by atoms with Gasteiger partial charge in [-0.2, -0.15) is 0 Å². The molecule has 1 aromatic heterocycles. The van der Waals surface area contributed by atoms with Gasteiger partial charge in [-0.05, 0) is 43.1 Å². The monoisotopic (exact) mass is 386 g/mol. The minimum atomic E-state index is -0.336. The highest BCUT2D eigenvalue weighted by atomic mass is 32.2. The number of nitrogens with one attached hydrogen (secondary N) is 1. The van der Waals surface area contributed by atoms with Crippen molar-refractivity contribution < 1.29 is 4.92 Å². The van der Waals surface area contributed by atoms with Crippen molar-refractivity contribution in [2.75, 3.05) is 0 Å². The van der Waals surface area contributed by atoms with Crippen LogP contribution >= 0.6 is 23.1 Å². The van der Waals surface area contributed by atoms with E-state index < -0.39 is 0 Å². The molecule has 2 fully saturated rings. The van der Waals surface area contributed by atoms with Gasteiger partial charge in [0.15, 0.2) is 0 Å². The Labute approximate surface area is 158 Å². The lowest BCUT2D eigenvalue weighted by Crippen LogP contribution is -2.32. The van der Waals surface area contributed by atoms with Crippen molar-refractivity contribution in [2.24, 2.45) is 17.8 Å². The molecule has 2 bridgehead atoms. The lowest BCUT2D eigenvalue weighted by atomic mass is 9.77. The number of aromatic amines is 1. The zero-order valence-electron chi connectivity index (χ0n) is 14.0. The van der Waals surface area contributed by atoms with Gasteiger partial charge in [0, 0.05) is 22.1 Å². The third kappa shape index (κ3) is 2.48. The first-order chi connectivity index (χ1) is 12.6. The molecule has 5 atom stereocenters. The van der Waals surface area contributed by atoms with Crippen molar-refractivity contribution in [3.05, 3.63) is 60.6 Å². The predicted octanol–water partition coefficient (Wildman–Crippen LogP) is 4.66. The number of fused-ring (bicyclic) bond motifs is 6. The summed E-state index contributed by atoms with van der Waals surface area (Å²) in [5.41, 5.74) is 0.751.